The molecular weight excluding hydrogens is 372 g/mol. The van der Waals surface area contributed by atoms with Crippen molar-refractivity contribution >= 4 is 33.3 Å². The van der Waals surface area contributed by atoms with Crippen molar-refractivity contribution in [1.82, 2.24) is 14.9 Å². The van der Waals surface area contributed by atoms with E-state index in [4.69, 9.17) is 4.74 Å². The van der Waals surface area contributed by atoms with E-state index < -0.39 is 0 Å². The molecule has 1 amide bonds. The van der Waals surface area contributed by atoms with Crippen LogP contribution in [-0.4, -0.2) is 46.1 Å². The summed E-state index contributed by atoms with van der Waals surface area (Å²) in [6, 6.07) is 8.07. The van der Waals surface area contributed by atoms with Crippen molar-refractivity contribution in [1.29, 1.82) is 0 Å². The maximum absolute atomic E-state index is 12.6. The molecule has 4 rings (SSSR count). The number of rotatable bonds is 5. The van der Waals surface area contributed by atoms with Crippen LogP contribution in [0.25, 0.3) is 10.9 Å². The highest BCUT2D eigenvalue weighted by molar-refractivity contribution is 7.13. The van der Waals surface area contributed by atoms with Gasteiger partial charge in [-0.05, 0) is 32.4 Å². The minimum atomic E-state index is -0.0395. The number of hydrogen-bond donors (Lipinski definition) is 2. The normalized spacial score (nSPS) is 20.5. The van der Waals surface area contributed by atoms with Gasteiger partial charge in [-0.2, -0.15) is 0 Å². The lowest BCUT2D eigenvalue weighted by Gasteiger charge is -2.34. The van der Waals surface area contributed by atoms with Gasteiger partial charge in [0.25, 0.3) is 0 Å². The maximum atomic E-state index is 12.6. The number of aromatic nitrogens is 2. The fourth-order valence-electron chi connectivity index (χ4n) is 3.97. The smallest absolute Gasteiger partial charge is 0.230 e. The molecular formula is C21H26N4O2S. The summed E-state index contributed by atoms with van der Waals surface area (Å²) in [5.74, 6) is -0.0395. The number of carbonyl (C=O) groups is 1. The van der Waals surface area contributed by atoms with Gasteiger partial charge in [-0.25, -0.2) is 4.98 Å². The molecule has 28 heavy (non-hydrogen) atoms. The number of nitrogens with one attached hydrogen (secondary N) is 2. The quantitative estimate of drug-likeness (QED) is 0.687. The first kappa shape index (κ1) is 19.1. The second-order valence-electron chi connectivity index (χ2n) is 7.59. The fraction of sp³-hybridized carbons (Fsp3) is 0.429. The Balaban J connectivity index is 1.38. The lowest BCUT2D eigenvalue weighted by Crippen LogP contribution is -2.44. The van der Waals surface area contributed by atoms with Crippen LogP contribution in [0.2, 0.25) is 0 Å². The number of hydrogen-bond acceptors (Lipinski definition) is 5. The van der Waals surface area contributed by atoms with E-state index in [0.717, 1.165) is 47.5 Å². The Labute approximate surface area is 168 Å². The molecule has 0 saturated carbocycles. The van der Waals surface area contributed by atoms with Gasteiger partial charge in [-0.15, -0.1) is 11.3 Å². The first-order valence-electron chi connectivity index (χ1n) is 9.66. The Bertz CT molecular complexity index is 970. The number of aryl methyl sites for hydroxylation is 1. The van der Waals surface area contributed by atoms with Crippen LogP contribution < -0.4 is 5.32 Å². The Morgan fingerprint density at radius 3 is 2.86 bits per heavy atom. The zero-order valence-electron chi connectivity index (χ0n) is 16.5. The summed E-state index contributed by atoms with van der Waals surface area (Å²) in [7, 11) is 0. The number of nitrogens with zero attached hydrogens (tertiary/aromatic N) is 2. The van der Waals surface area contributed by atoms with Crippen molar-refractivity contribution in [2.45, 2.75) is 45.9 Å². The zero-order chi connectivity index (χ0) is 19.7. The molecule has 3 aromatic rings. The number of aromatic amines is 1. The van der Waals surface area contributed by atoms with Crippen LogP contribution in [0.4, 0.5) is 5.13 Å². The third-order valence-electron chi connectivity index (χ3n) is 5.04. The summed E-state index contributed by atoms with van der Waals surface area (Å²) >= 11 is 1.48. The predicted molar refractivity (Wildman–Crippen MR) is 113 cm³/mol. The Hall–Kier alpha value is -2.22. The monoisotopic (exact) mass is 398 g/mol. The highest BCUT2D eigenvalue weighted by Gasteiger charge is 2.23. The van der Waals surface area contributed by atoms with Crippen LogP contribution >= 0.6 is 11.3 Å². The Kier molecular flexibility index (Phi) is 5.48. The summed E-state index contributed by atoms with van der Waals surface area (Å²) in [4.78, 5) is 22.9. The second kappa shape index (κ2) is 8.03. The van der Waals surface area contributed by atoms with E-state index in [0.29, 0.717) is 11.6 Å². The van der Waals surface area contributed by atoms with E-state index in [-0.39, 0.29) is 18.1 Å². The van der Waals surface area contributed by atoms with Crippen molar-refractivity contribution in [3.05, 3.63) is 46.6 Å². The lowest BCUT2D eigenvalue weighted by molar-refractivity contribution is -0.115. The summed E-state index contributed by atoms with van der Waals surface area (Å²) in [5.41, 5.74) is 4.13. The topological polar surface area (TPSA) is 70.2 Å². The molecule has 0 spiro atoms. The minimum Gasteiger partial charge on any atom is -0.373 e. The molecule has 0 radical (unpaired) electrons. The van der Waals surface area contributed by atoms with Crippen LogP contribution in [0.1, 0.15) is 30.8 Å². The number of ether oxygens (including phenoxy) is 1. The number of thiazole rings is 1. The third-order valence-corrected chi connectivity index (χ3v) is 5.85. The average molecular weight is 399 g/mol. The van der Waals surface area contributed by atoms with Gasteiger partial charge in [0, 0.05) is 41.6 Å². The van der Waals surface area contributed by atoms with E-state index in [1.165, 1.54) is 11.3 Å². The lowest BCUT2D eigenvalue weighted by atomic mass is 10.1. The average Bonchev–Trinajstić information content (AvgIpc) is 3.18. The van der Waals surface area contributed by atoms with Gasteiger partial charge in [0.2, 0.25) is 5.91 Å². The molecule has 1 aliphatic heterocycles. The third kappa shape index (κ3) is 4.27. The number of fused-ring (bicyclic) bond motifs is 1. The van der Waals surface area contributed by atoms with Crippen molar-refractivity contribution in [3.8, 4) is 0 Å². The molecule has 2 N–H and O–H groups in total. The summed E-state index contributed by atoms with van der Waals surface area (Å²) < 4.78 is 5.78. The molecule has 2 atom stereocenters. The first-order chi connectivity index (χ1) is 13.5. The van der Waals surface area contributed by atoms with Gasteiger partial charge in [0.1, 0.15) is 0 Å². The van der Waals surface area contributed by atoms with E-state index >= 15 is 0 Å². The van der Waals surface area contributed by atoms with Gasteiger partial charge in [-0.1, -0.05) is 18.2 Å². The Morgan fingerprint density at radius 2 is 2.07 bits per heavy atom. The molecule has 1 aliphatic rings. The number of amides is 1. The molecule has 1 aromatic carbocycles. The first-order valence-corrected chi connectivity index (χ1v) is 10.5. The number of anilines is 1. The van der Waals surface area contributed by atoms with E-state index in [9.17, 15) is 4.79 Å². The van der Waals surface area contributed by atoms with Crippen LogP contribution in [0, 0.1) is 6.92 Å². The van der Waals surface area contributed by atoms with Gasteiger partial charge < -0.3 is 15.0 Å². The molecule has 2 unspecified atom stereocenters. The molecule has 1 fully saturated rings. The second-order valence-corrected chi connectivity index (χ2v) is 8.45. The van der Waals surface area contributed by atoms with Crippen LogP contribution in [0.5, 0.6) is 0 Å². The highest BCUT2D eigenvalue weighted by atomic mass is 32.1. The summed E-state index contributed by atoms with van der Waals surface area (Å²) in [6.45, 7) is 8.80. The molecule has 0 aliphatic carbocycles. The van der Waals surface area contributed by atoms with Crippen LogP contribution in [0.15, 0.2) is 29.6 Å². The van der Waals surface area contributed by atoms with Crippen LogP contribution in [-0.2, 0) is 22.5 Å². The predicted octanol–water partition coefficient (Wildman–Crippen LogP) is 3.72. The molecule has 7 heteroatoms. The van der Waals surface area contributed by atoms with Crippen molar-refractivity contribution in [3.63, 3.8) is 0 Å². The molecule has 2 aromatic heterocycles. The highest BCUT2D eigenvalue weighted by Crippen LogP contribution is 2.24. The standard InChI is InChI=1S/C21H26N4O2S/c1-13-9-25(10-14(2)27-13)11-16-12-28-21(23-16)24-20(26)8-18-15(3)22-19-7-5-4-6-17(18)19/h4-7,12-14,22H,8-11H2,1-3H3,(H,23,24,26). The number of carbonyl (C=O) groups excluding carboxylic acids is 1. The summed E-state index contributed by atoms with van der Waals surface area (Å²) in [5, 5.41) is 6.75. The fourth-order valence-corrected chi connectivity index (χ4v) is 4.68. The molecule has 0 bridgehead atoms. The maximum Gasteiger partial charge on any atom is 0.230 e. The van der Waals surface area contributed by atoms with Gasteiger partial charge >= 0.3 is 0 Å². The van der Waals surface area contributed by atoms with Gasteiger partial charge in [0.05, 0.1) is 24.3 Å². The molecule has 1 saturated heterocycles. The van der Waals surface area contributed by atoms with Gasteiger partial charge in [-0.3, -0.25) is 9.69 Å². The van der Waals surface area contributed by atoms with E-state index in [1.807, 2.05) is 36.6 Å². The number of para-hydroxylation sites is 1. The number of H-pyrrole nitrogens is 1. The van der Waals surface area contributed by atoms with Crippen molar-refractivity contribution in [2.24, 2.45) is 0 Å². The molecule has 3 heterocycles. The summed E-state index contributed by atoms with van der Waals surface area (Å²) in [6.07, 6.45) is 0.811. The zero-order valence-corrected chi connectivity index (χ0v) is 17.3. The number of morpholine rings is 1. The van der Waals surface area contributed by atoms with E-state index in [2.05, 4.69) is 34.0 Å². The van der Waals surface area contributed by atoms with Crippen LogP contribution in [0.3, 0.4) is 0 Å². The molecule has 6 nitrogen and oxygen atoms in total. The SMILES string of the molecule is Cc1[nH]c2ccccc2c1CC(=O)Nc1nc(CN2CC(C)OC(C)C2)cs1. The van der Waals surface area contributed by atoms with E-state index in [1.54, 1.807) is 0 Å². The number of benzene rings is 1. The van der Waals surface area contributed by atoms with Crippen molar-refractivity contribution in [2.75, 3.05) is 18.4 Å². The Morgan fingerprint density at radius 1 is 1.32 bits per heavy atom. The largest absolute Gasteiger partial charge is 0.373 e. The van der Waals surface area contributed by atoms with Gasteiger partial charge in [0.15, 0.2) is 5.13 Å². The van der Waals surface area contributed by atoms with Crippen molar-refractivity contribution < 1.29 is 9.53 Å². The minimum absolute atomic E-state index is 0.0395. The molecule has 148 valence electrons.